The van der Waals surface area contributed by atoms with E-state index >= 15 is 0 Å². The predicted octanol–water partition coefficient (Wildman–Crippen LogP) is 4.29. The maximum Gasteiger partial charge on any atom is 0.193 e. The monoisotopic (exact) mass is 493 g/mol. The van der Waals surface area contributed by atoms with Gasteiger partial charge in [0, 0.05) is 37.7 Å². The van der Waals surface area contributed by atoms with E-state index in [9.17, 15) is 8.78 Å². The first-order valence-electron chi connectivity index (χ1n) is 9.38. The Morgan fingerprint density at radius 1 is 1.19 bits per heavy atom. The largest absolute Gasteiger partial charge is 0.372 e. The van der Waals surface area contributed by atoms with Crippen LogP contribution in [0.5, 0.6) is 0 Å². The van der Waals surface area contributed by atoms with E-state index in [1.807, 2.05) is 0 Å². The molecule has 0 bridgehead atoms. The van der Waals surface area contributed by atoms with Gasteiger partial charge in [-0.2, -0.15) is 0 Å². The van der Waals surface area contributed by atoms with E-state index in [1.165, 1.54) is 18.2 Å². The summed E-state index contributed by atoms with van der Waals surface area (Å²) in [6, 6.07) is 4.08. The molecule has 2 atom stereocenters. The average molecular weight is 493 g/mol. The summed E-state index contributed by atoms with van der Waals surface area (Å²) in [5.74, 6) is -0.248. The van der Waals surface area contributed by atoms with Crippen LogP contribution in [0.15, 0.2) is 23.2 Å². The van der Waals surface area contributed by atoms with Crippen molar-refractivity contribution in [2.45, 2.75) is 63.7 Å². The second-order valence-electron chi connectivity index (χ2n) is 8.19. The number of likely N-dealkylation sites (tertiary alicyclic amines) is 1. The Kier molecular flexibility index (Phi) is 7.47. The van der Waals surface area contributed by atoms with Gasteiger partial charge < -0.3 is 15.0 Å². The number of guanidine groups is 1. The van der Waals surface area contributed by atoms with Gasteiger partial charge >= 0.3 is 0 Å². The van der Waals surface area contributed by atoms with E-state index in [2.05, 4.69) is 36.0 Å². The standard InChI is InChI=1S/C20H29F2N3O.HI/c1-20(2,3)26-13-8-10-25(11-9-13)19(23-4)24-17-12-14(17)18-15(21)6-5-7-16(18)22;/h5-7,13-14,17H,8-12H2,1-4H3,(H,23,24);1H. The zero-order valence-electron chi connectivity index (χ0n) is 16.5. The molecule has 1 saturated carbocycles. The molecule has 152 valence electrons. The summed E-state index contributed by atoms with van der Waals surface area (Å²) >= 11 is 0. The van der Waals surface area contributed by atoms with Crippen LogP contribution in [0, 0.1) is 11.6 Å². The number of nitrogens with one attached hydrogen (secondary N) is 1. The molecule has 2 aliphatic rings. The van der Waals surface area contributed by atoms with Crippen molar-refractivity contribution in [1.82, 2.24) is 10.2 Å². The van der Waals surface area contributed by atoms with E-state index in [1.54, 1.807) is 7.05 Å². The van der Waals surface area contributed by atoms with Gasteiger partial charge in [-0.25, -0.2) is 8.78 Å². The Balaban J connectivity index is 0.00000261. The first kappa shape index (κ1) is 22.3. The zero-order chi connectivity index (χ0) is 18.9. The molecule has 2 fully saturated rings. The van der Waals surface area contributed by atoms with E-state index in [0.717, 1.165) is 38.3 Å². The number of benzene rings is 1. The summed E-state index contributed by atoms with van der Waals surface area (Å²) in [5, 5.41) is 3.38. The van der Waals surface area contributed by atoms with Crippen molar-refractivity contribution < 1.29 is 13.5 Å². The number of aliphatic imine (C=N–C) groups is 1. The summed E-state index contributed by atoms with van der Waals surface area (Å²) in [7, 11) is 1.75. The Labute approximate surface area is 177 Å². The Bertz CT molecular complexity index is 649. The van der Waals surface area contributed by atoms with E-state index in [-0.39, 0.29) is 53.2 Å². The van der Waals surface area contributed by atoms with Crippen molar-refractivity contribution >= 4 is 29.9 Å². The molecule has 1 heterocycles. The minimum absolute atomic E-state index is 0. The molecule has 0 radical (unpaired) electrons. The van der Waals surface area contributed by atoms with Gasteiger partial charge in [0.2, 0.25) is 0 Å². The number of rotatable bonds is 3. The van der Waals surface area contributed by atoms with Gasteiger partial charge in [-0.15, -0.1) is 24.0 Å². The number of hydrogen-bond donors (Lipinski definition) is 1. The third kappa shape index (κ3) is 5.76. The van der Waals surface area contributed by atoms with E-state index in [4.69, 9.17) is 4.74 Å². The summed E-state index contributed by atoms with van der Waals surface area (Å²) in [4.78, 5) is 6.57. The molecule has 2 unspecified atom stereocenters. The molecule has 3 rings (SSSR count). The van der Waals surface area contributed by atoms with Crippen LogP contribution in [0.25, 0.3) is 0 Å². The van der Waals surface area contributed by atoms with Gasteiger partial charge in [-0.3, -0.25) is 4.99 Å². The topological polar surface area (TPSA) is 36.9 Å². The first-order chi connectivity index (χ1) is 12.3. The second kappa shape index (κ2) is 9.03. The molecule has 1 aliphatic heterocycles. The van der Waals surface area contributed by atoms with Crippen LogP contribution in [0.3, 0.4) is 0 Å². The van der Waals surface area contributed by atoms with Crippen LogP contribution >= 0.6 is 24.0 Å². The van der Waals surface area contributed by atoms with E-state index < -0.39 is 11.6 Å². The minimum atomic E-state index is -0.463. The highest BCUT2D eigenvalue weighted by atomic mass is 127. The molecular weight excluding hydrogens is 463 g/mol. The Hall–Kier alpha value is -0.960. The van der Waals surface area contributed by atoms with Crippen LogP contribution in [0.2, 0.25) is 0 Å². The molecule has 0 spiro atoms. The third-order valence-electron chi connectivity index (χ3n) is 4.95. The predicted molar refractivity (Wildman–Crippen MR) is 115 cm³/mol. The molecule has 1 saturated heterocycles. The van der Waals surface area contributed by atoms with Crippen LogP contribution in [-0.2, 0) is 4.74 Å². The van der Waals surface area contributed by atoms with Gasteiger partial charge in [0.25, 0.3) is 0 Å². The van der Waals surface area contributed by atoms with Gasteiger partial charge in [0.15, 0.2) is 5.96 Å². The van der Waals surface area contributed by atoms with Crippen molar-refractivity contribution in [3.63, 3.8) is 0 Å². The highest BCUT2D eigenvalue weighted by Gasteiger charge is 2.43. The van der Waals surface area contributed by atoms with E-state index in [0.29, 0.717) is 0 Å². The van der Waals surface area contributed by atoms with Crippen molar-refractivity contribution in [3.8, 4) is 0 Å². The maximum atomic E-state index is 13.9. The van der Waals surface area contributed by atoms with Crippen LogP contribution < -0.4 is 5.32 Å². The lowest BCUT2D eigenvalue weighted by Crippen LogP contribution is -2.48. The lowest BCUT2D eigenvalue weighted by Gasteiger charge is -2.37. The summed E-state index contributed by atoms with van der Waals surface area (Å²) in [6.07, 6.45) is 2.90. The zero-order valence-corrected chi connectivity index (χ0v) is 18.8. The molecule has 1 N–H and O–H groups in total. The van der Waals surface area contributed by atoms with Crippen molar-refractivity contribution in [2.24, 2.45) is 4.99 Å². The van der Waals surface area contributed by atoms with Crippen molar-refractivity contribution in [1.29, 1.82) is 0 Å². The molecular formula is C20H30F2IN3O. The number of nitrogens with zero attached hydrogens (tertiary/aromatic N) is 2. The Morgan fingerprint density at radius 3 is 2.30 bits per heavy atom. The van der Waals surface area contributed by atoms with Gasteiger partial charge in [-0.1, -0.05) is 6.07 Å². The molecule has 1 aromatic rings. The molecule has 7 heteroatoms. The molecule has 27 heavy (non-hydrogen) atoms. The fourth-order valence-corrected chi connectivity index (χ4v) is 3.69. The van der Waals surface area contributed by atoms with Crippen molar-refractivity contribution in [2.75, 3.05) is 20.1 Å². The van der Waals surface area contributed by atoms with Crippen LogP contribution in [0.1, 0.15) is 51.5 Å². The number of piperidine rings is 1. The van der Waals surface area contributed by atoms with Crippen LogP contribution in [0.4, 0.5) is 8.78 Å². The first-order valence-corrected chi connectivity index (χ1v) is 9.38. The second-order valence-corrected chi connectivity index (χ2v) is 8.19. The number of halogens is 3. The molecule has 1 aromatic carbocycles. The normalized spacial score (nSPS) is 23.8. The number of ether oxygens (including phenoxy) is 1. The quantitative estimate of drug-likeness (QED) is 0.388. The highest BCUT2D eigenvalue weighted by molar-refractivity contribution is 14.0. The minimum Gasteiger partial charge on any atom is -0.372 e. The maximum absolute atomic E-state index is 13.9. The summed E-state index contributed by atoms with van der Waals surface area (Å²) in [5.41, 5.74) is 0.0652. The lowest BCUT2D eigenvalue weighted by atomic mass is 10.1. The summed E-state index contributed by atoms with van der Waals surface area (Å²) < 4.78 is 34.0. The highest BCUT2D eigenvalue weighted by Crippen LogP contribution is 2.43. The van der Waals surface area contributed by atoms with Crippen LogP contribution in [-0.4, -0.2) is 48.7 Å². The fraction of sp³-hybridized carbons (Fsp3) is 0.650. The third-order valence-corrected chi connectivity index (χ3v) is 4.95. The molecule has 4 nitrogen and oxygen atoms in total. The van der Waals surface area contributed by atoms with Crippen molar-refractivity contribution in [3.05, 3.63) is 35.4 Å². The Morgan fingerprint density at radius 2 is 1.78 bits per heavy atom. The lowest BCUT2D eigenvalue weighted by molar-refractivity contribution is -0.0772. The van der Waals surface area contributed by atoms with Gasteiger partial charge in [-0.05, 0) is 52.2 Å². The van der Waals surface area contributed by atoms with Gasteiger partial charge in [0.1, 0.15) is 11.6 Å². The molecule has 1 aliphatic carbocycles. The SMILES string of the molecule is CN=C(NC1CC1c1c(F)cccc1F)N1CCC(OC(C)(C)C)CC1.I. The summed E-state index contributed by atoms with van der Waals surface area (Å²) in [6.45, 7) is 7.97. The van der Waals surface area contributed by atoms with Gasteiger partial charge in [0.05, 0.1) is 11.7 Å². The smallest absolute Gasteiger partial charge is 0.193 e. The number of hydrogen-bond acceptors (Lipinski definition) is 2. The molecule has 0 aromatic heterocycles. The molecule has 0 amide bonds. The fourth-order valence-electron chi connectivity index (χ4n) is 3.69. The average Bonchev–Trinajstić information content (AvgIpc) is 3.31.